The average Bonchev–Trinajstić information content (AvgIpc) is 3.09. The highest BCUT2D eigenvalue weighted by Crippen LogP contribution is 2.26. The first-order valence-corrected chi connectivity index (χ1v) is 6.54. The summed E-state index contributed by atoms with van der Waals surface area (Å²) in [6, 6.07) is 10.7. The van der Waals surface area contributed by atoms with Crippen LogP contribution < -0.4 is 4.90 Å². The lowest BCUT2D eigenvalue weighted by Crippen LogP contribution is -2.18. The van der Waals surface area contributed by atoms with Gasteiger partial charge in [0.25, 0.3) is 0 Å². The van der Waals surface area contributed by atoms with E-state index < -0.39 is 0 Å². The van der Waals surface area contributed by atoms with E-state index in [0.717, 1.165) is 29.9 Å². The lowest BCUT2D eigenvalue weighted by atomic mass is 10.1. The quantitative estimate of drug-likeness (QED) is 0.704. The lowest BCUT2D eigenvalue weighted by Gasteiger charge is -2.16. The number of hydrogen-bond donors (Lipinski definition) is 1. The number of fused-ring (bicyclic) bond motifs is 3. The van der Waals surface area contributed by atoms with Crippen molar-refractivity contribution in [2.45, 2.75) is 12.8 Å². The molecule has 0 atom stereocenters. The summed E-state index contributed by atoms with van der Waals surface area (Å²) in [7, 11) is 0. The molecular formula is C15H15N3. The summed E-state index contributed by atoms with van der Waals surface area (Å²) in [5.74, 6) is 1.12. The highest BCUT2D eigenvalue weighted by Gasteiger charge is 2.14. The van der Waals surface area contributed by atoms with Crippen LogP contribution in [-0.2, 0) is 0 Å². The molecule has 1 fully saturated rings. The molecule has 3 aromatic rings. The van der Waals surface area contributed by atoms with Crippen LogP contribution in [0.5, 0.6) is 0 Å². The average molecular weight is 237 g/mol. The van der Waals surface area contributed by atoms with Crippen LogP contribution in [0.3, 0.4) is 0 Å². The second-order valence-corrected chi connectivity index (χ2v) is 4.94. The van der Waals surface area contributed by atoms with Crippen molar-refractivity contribution in [2.75, 3.05) is 18.0 Å². The maximum Gasteiger partial charge on any atom is 0.129 e. The molecule has 3 nitrogen and oxygen atoms in total. The van der Waals surface area contributed by atoms with Gasteiger partial charge < -0.3 is 9.88 Å². The Labute approximate surface area is 105 Å². The molecule has 1 aliphatic rings. The molecule has 1 saturated heterocycles. The third-order valence-corrected chi connectivity index (χ3v) is 3.81. The molecule has 1 N–H and O–H groups in total. The van der Waals surface area contributed by atoms with E-state index >= 15 is 0 Å². The molecule has 4 rings (SSSR count). The van der Waals surface area contributed by atoms with Crippen LogP contribution in [0.4, 0.5) is 5.82 Å². The molecule has 2 aromatic heterocycles. The van der Waals surface area contributed by atoms with Gasteiger partial charge in [-0.3, -0.25) is 0 Å². The number of benzene rings is 1. The smallest absolute Gasteiger partial charge is 0.129 e. The summed E-state index contributed by atoms with van der Waals surface area (Å²) in [5, 5.41) is 2.43. The maximum absolute atomic E-state index is 4.86. The predicted molar refractivity (Wildman–Crippen MR) is 75.0 cm³/mol. The van der Waals surface area contributed by atoms with Crippen LogP contribution in [0.25, 0.3) is 21.8 Å². The Morgan fingerprint density at radius 1 is 1.00 bits per heavy atom. The van der Waals surface area contributed by atoms with Crippen LogP contribution in [0.15, 0.2) is 36.5 Å². The van der Waals surface area contributed by atoms with Crippen molar-refractivity contribution in [3.8, 4) is 0 Å². The van der Waals surface area contributed by atoms with Crippen molar-refractivity contribution in [1.82, 2.24) is 9.97 Å². The summed E-state index contributed by atoms with van der Waals surface area (Å²) in [6.07, 6.45) is 4.55. The van der Waals surface area contributed by atoms with Gasteiger partial charge in [-0.1, -0.05) is 6.07 Å². The molecule has 0 bridgehead atoms. The Hall–Kier alpha value is -2.03. The summed E-state index contributed by atoms with van der Waals surface area (Å²) < 4.78 is 0. The second kappa shape index (κ2) is 3.73. The van der Waals surface area contributed by atoms with E-state index in [9.17, 15) is 0 Å². The molecular weight excluding hydrogens is 222 g/mol. The molecule has 18 heavy (non-hydrogen) atoms. The standard InChI is InChI=1S/C15H15N3/c1-2-10-18(9-1)14-6-4-11-3-5-13-12(7-8-16-13)15(11)17-14/h3-8,16H,1-2,9-10H2. The number of pyridine rings is 1. The van der Waals surface area contributed by atoms with E-state index in [1.807, 2.05) is 6.20 Å². The highest BCUT2D eigenvalue weighted by molar-refractivity contribution is 6.04. The summed E-state index contributed by atoms with van der Waals surface area (Å²) in [4.78, 5) is 10.5. The van der Waals surface area contributed by atoms with Gasteiger partial charge in [0.1, 0.15) is 5.82 Å². The molecule has 3 heteroatoms. The number of aromatic amines is 1. The fourth-order valence-corrected chi connectivity index (χ4v) is 2.83. The van der Waals surface area contributed by atoms with E-state index in [1.165, 1.54) is 23.6 Å². The second-order valence-electron chi connectivity index (χ2n) is 4.94. The third kappa shape index (κ3) is 1.40. The first kappa shape index (κ1) is 9.95. The van der Waals surface area contributed by atoms with Crippen LogP contribution in [0.1, 0.15) is 12.8 Å². The Kier molecular flexibility index (Phi) is 2.06. The zero-order chi connectivity index (χ0) is 11.9. The molecule has 0 saturated carbocycles. The maximum atomic E-state index is 4.86. The Bertz CT molecular complexity index is 708. The molecule has 0 aliphatic carbocycles. The van der Waals surface area contributed by atoms with Crippen molar-refractivity contribution < 1.29 is 0 Å². The third-order valence-electron chi connectivity index (χ3n) is 3.81. The van der Waals surface area contributed by atoms with Gasteiger partial charge in [0, 0.05) is 35.6 Å². The van der Waals surface area contributed by atoms with Crippen LogP contribution in [0, 0.1) is 0 Å². The predicted octanol–water partition coefficient (Wildman–Crippen LogP) is 3.32. The number of anilines is 1. The number of hydrogen-bond acceptors (Lipinski definition) is 2. The fourth-order valence-electron chi connectivity index (χ4n) is 2.83. The van der Waals surface area contributed by atoms with Gasteiger partial charge in [-0.15, -0.1) is 0 Å². The zero-order valence-corrected chi connectivity index (χ0v) is 10.2. The summed E-state index contributed by atoms with van der Waals surface area (Å²) in [6.45, 7) is 2.28. The van der Waals surface area contributed by atoms with Gasteiger partial charge in [0.2, 0.25) is 0 Å². The van der Waals surface area contributed by atoms with E-state index in [-0.39, 0.29) is 0 Å². The van der Waals surface area contributed by atoms with E-state index in [2.05, 4.69) is 40.2 Å². The van der Waals surface area contributed by atoms with Crippen LogP contribution >= 0.6 is 0 Å². The fraction of sp³-hybridized carbons (Fsp3) is 0.267. The van der Waals surface area contributed by atoms with Crippen molar-refractivity contribution in [2.24, 2.45) is 0 Å². The summed E-state index contributed by atoms with van der Waals surface area (Å²) in [5.41, 5.74) is 2.27. The first-order chi connectivity index (χ1) is 8.92. The van der Waals surface area contributed by atoms with E-state index in [0.29, 0.717) is 0 Å². The molecule has 1 aliphatic heterocycles. The molecule has 0 radical (unpaired) electrons. The molecule has 90 valence electrons. The molecule has 3 heterocycles. The minimum atomic E-state index is 1.11. The van der Waals surface area contributed by atoms with Gasteiger partial charge in [-0.05, 0) is 37.1 Å². The Morgan fingerprint density at radius 3 is 2.72 bits per heavy atom. The number of aromatic nitrogens is 2. The first-order valence-electron chi connectivity index (χ1n) is 6.54. The van der Waals surface area contributed by atoms with Crippen molar-refractivity contribution in [1.29, 1.82) is 0 Å². The number of rotatable bonds is 1. The van der Waals surface area contributed by atoms with E-state index in [1.54, 1.807) is 0 Å². The highest BCUT2D eigenvalue weighted by atomic mass is 15.2. The molecule has 0 amide bonds. The van der Waals surface area contributed by atoms with Crippen molar-refractivity contribution >= 4 is 27.6 Å². The summed E-state index contributed by atoms with van der Waals surface area (Å²) >= 11 is 0. The van der Waals surface area contributed by atoms with E-state index in [4.69, 9.17) is 4.98 Å². The van der Waals surface area contributed by atoms with Crippen LogP contribution in [-0.4, -0.2) is 23.1 Å². The number of nitrogens with zero attached hydrogens (tertiary/aromatic N) is 2. The Morgan fingerprint density at radius 2 is 1.83 bits per heavy atom. The molecule has 0 unspecified atom stereocenters. The normalized spacial score (nSPS) is 15.9. The minimum Gasteiger partial charge on any atom is -0.361 e. The number of H-pyrrole nitrogens is 1. The van der Waals surface area contributed by atoms with Crippen molar-refractivity contribution in [3.05, 3.63) is 36.5 Å². The lowest BCUT2D eigenvalue weighted by molar-refractivity contribution is 0.944. The van der Waals surface area contributed by atoms with Gasteiger partial charge in [0.05, 0.1) is 5.52 Å². The largest absolute Gasteiger partial charge is 0.361 e. The SMILES string of the molecule is c1cc2c(ccc3ccc(N4CCCC4)nc32)[nH]1. The van der Waals surface area contributed by atoms with Gasteiger partial charge >= 0.3 is 0 Å². The topological polar surface area (TPSA) is 31.9 Å². The molecule has 1 aromatic carbocycles. The van der Waals surface area contributed by atoms with Gasteiger partial charge in [-0.25, -0.2) is 4.98 Å². The minimum absolute atomic E-state index is 1.11. The number of nitrogens with one attached hydrogen (secondary N) is 1. The monoisotopic (exact) mass is 237 g/mol. The van der Waals surface area contributed by atoms with Crippen molar-refractivity contribution in [3.63, 3.8) is 0 Å². The van der Waals surface area contributed by atoms with Crippen LogP contribution in [0.2, 0.25) is 0 Å². The van der Waals surface area contributed by atoms with Gasteiger partial charge in [0.15, 0.2) is 0 Å². The molecule has 0 spiro atoms. The van der Waals surface area contributed by atoms with Gasteiger partial charge in [-0.2, -0.15) is 0 Å². The Balaban J connectivity index is 1.96. The zero-order valence-electron chi connectivity index (χ0n) is 10.2.